The zero-order chi connectivity index (χ0) is 33.3. The molecule has 0 radical (unpaired) electrons. The van der Waals surface area contributed by atoms with E-state index in [0.29, 0.717) is 145 Å². The summed E-state index contributed by atoms with van der Waals surface area (Å²) in [4.78, 5) is 11.2. The molecule has 0 aromatic carbocycles. The van der Waals surface area contributed by atoms with Crippen molar-refractivity contribution >= 4 is 5.97 Å². The minimum atomic E-state index is -0.187. The molecular formula is C33H66O13. The van der Waals surface area contributed by atoms with Crippen LogP contribution in [0.3, 0.4) is 0 Å². The first-order valence-corrected chi connectivity index (χ1v) is 17.3. The Balaban J connectivity index is 3.05. The van der Waals surface area contributed by atoms with E-state index in [1.807, 2.05) is 6.92 Å². The highest BCUT2D eigenvalue weighted by molar-refractivity contribution is 5.69. The molecule has 0 aromatic rings. The SMILES string of the molecule is CCCCCCCOCCOCCOCCOCCOCCOCCOCCOCCOCCOCCOCCOC(=O)CCC. The van der Waals surface area contributed by atoms with Crippen LogP contribution in [0.5, 0.6) is 0 Å². The predicted molar refractivity (Wildman–Crippen MR) is 174 cm³/mol. The van der Waals surface area contributed by atoms with Gasteiger partial charge < -0.3 is 56.8 Å². The molecule has 0 rings (SSSR count). The molecule has 13 heteroatoms. The van der Waals surface area contributed by atoms with Crippen molar-refractivity contribution in [2.75, 3.05) is 152 Å². The summed E-state index contributed by atoms with van der Waals surface area (Å²) in [6.45, 7) is 16.0. The van der Waals surface area contributed by atoms with Crippen molar-refractivity contribution in [1.29, 1.82) is 0 Å². The van der Waals surface area contributed by atoms with Crippen LogP contribution >= 0.6 is 0 Å². The van der Waals surface area contributed by atoms with E-state index in [1.54, 1.807) is 0 Å². The van der Waals surface area contributed by atoms with E-state index < -0.39 is 0 Å². The Morgan fingerprint density at radius 3 is 0.848 bits per heavy atom. The van der Waals surface area contributed by atoms with Crippen molar-refractivity contribution in [3.8, 4) is 0 Å². The van der Waals surface area contributed by atoms with E-state index in [2.05, 4.69) is 6.92 Å². The van der Waals surface area contributed by atoms with Crippen LogP contribution in [0.1, 0.15) is 58.8 Å². The number of carbonyl (C=O) groups excluding carboxylic acids is 1. The minimum Gasteiger partial charge on any atom is -0.463 e. The van der Waals surface area contributed by atoms with Gasteiger partial charge in [-0.1, -0.05) is 39.5 Å². The first-order valence-electron chi connectivity index (χ1n) is 17.3. The number of ether oxygens (including phenoxy) is 12. The van der Waals surface area contributed by atoms with Crippen molar-refractivity contribution in [2.45, 2.75) is 58.8 Å². The van der Waals surface area contributed by atoms with Gasteiger partial charge in [-0.05, 0) is 12.8 Å². The molecule has 0 saturated heterocycles. The third-order valence-electron chi connectivity index (χ3n) is 6.06. The third-order valence-corrected chi connectivity index (χ3v) is 6.06. The molecule has 0 saturated carbocycles. The summed E-state index contributed by atoms with van der Waals surface area (Å²) in [5, 5.41) is 0. The van der Waals surface area contributed by atoms with Gasteiger partial charge in [-0.3, -0.25) is 4.79 Å². The molecule has 0 heterocycles. The number of carbonyl (C=O) groups is 1. The number of esters is 1. The molecule has 0 atom stereocenters. The molecule has 0 aliphatic carbocycles. The minimum absolute atomic E-state index is 0.187. The molecule has 0 amide bonds. The third kappa shape index (κ3) is 41.1. The van der Waals surface area contributed by atoms with Crippen LogP contribution in [-0.2, 0) is 61.6 Å². The molecule has 0 aromatic heterocycles. The number of unbranched alkanes of at least 4 members (excludes halogenated alkanes) is 4. The molecule has 0 bridgehead atoms. The van der Waals surface area contributed by atoms with Gasteiger partial charge in [0, 0.05) is 13.0 Å². The fourth-order valence-corrected chi connectivity index (χ4v) is 3.60. The van der Waals surface area contributed by atoms with Crippen molar-refractivity contribution in [2.24, 2.45) is 0 Å². The summed E-state index contributed by atoms with van der Waals surface area (Å²) in [7, 11) is 0. The number of rotatable bonds is 41. The van der Waals surface area contributed by atoms with Gasteiger partial charge in [0.2, 0.25) is 0 Å². The van der Waals surface area contributed by atoms with Gasteiger partial charge >= 0.3 is 5.97 Å². The van der Waals surface area contributed by atoms with Gasteiger partial charge in [0.25, 0.3) is 0 Å². The van der Waals surface area contributed by atoms with Gasteiger partial charge in [0.15, 0.2) is 0 Å². The Morgan fingerprint density at radius 1 is 0.304 bits per heavy atom. The predicted octanol–water partition coefficient (Wildman–Crippen LogP) is 3.48. The lowest BCUT2D eigenvalue weighted by molar-refractivity contribution is -0.145. The van der Waals surface area contributed by atoms with Crippen LogP contribution in [0, 0.1) is 0 Å². The second-order valence-electron chi connectivity index (χ2n) is 10.1. The van der Waals surface area contributed by atoms with Gasteiger partial charge in [0.1, 0.15) is 6.61 Å². The van der Waals surface area contributed by atoms with Crippen molar-refractivity contribution < 1.29 is 61.6 Å². The van der Waals surface area contributed by atoms with Crippen LogP contribution in [-0.4, -0.2) is 158 Å². The number of hydrogen-bond acceptors (Lipinski definition) is 13. The maximum atomic E-state index is 11.2. The zero-order valence-corrected chi connectivity index (χ0v) is 29.0. The molecule has 0 unspecified atom stereocenters. The second kappa shape index (κ2) is 42.1. The Hall–Kier alpha value is -0.970. The molecule has 0 aliphatic rings. The lowest BCUT2D eigenvalue weighted by atomic mass is 10.2. The topological polar surface area (TPSA) is 128 Å². The lowest BCUT2D eigenvalue weighted by Crippen LogP contribution is -2.15. The smallest absolute Gasteiger partial charge is 0.305 e. The van der Waals surface area contributed by atoms with Crippen LogP contribution in [0.15, 0.2) is 0 Å². The van der Waals surface area contributed by atoms with Gasteiger partial charge in [0.05, 0.1) is 139 Å². The monoisotopic (exact) mass is 670 g/mol. The molecule has 0 spiro atoms. The van der Waals surface area contributed by atoms with Crippen LogP contribution in [0.2, 0.25) is 0 Å². The molecule has 0 aliphatic heterocycles. The molecule has 276 valence electrons. The maximum Gasteiger partial charge on any atom is 0.305 e. The maximum absolute atomic E-state index is 11.2. The van der Waals surface area contributed by atoms with Crippen molar-refractivity contribution in [3.63, 3.8) is 0 Å². The highest BCUT2D eigenvalue weighted by atomic mass is 16.6. The van der Waals surface area contributed by atoms with Crippen LogP contribution in [0.4, 0.5) is 0 Å². The summed E-state index contributed by atoms with van der Waals surface area (Å²) < 4.78 is 65.1. The van der Waals surface area contributed by atoms with E-state index in [4.69, 9.17) is 56.8 Å². The molecule has 0 fully saturated rings. The fraction of sp³-hybridized carbons (Fsp3) is 0.970. The van der Waals surface area contributed by atoms with Gasteiger partial charge in [-0.15, -0.1) is 0 Å². The second-order valence-corrected chi connectivity index (χ2v) is 10.1. The van der Waals surface area contributed by atoms with Gasteiger partial charge in [-0.25, -0.2) is 0 Å². The normalized spacial score (nSPS) is 11.4. The average Bonchev–Trinajstić information content (AvgIpc) is 3.06. The Bertz CT molecular complexity index is 572. The summed E-state index contributed by atoms with van der Waals surface area (Å²) in [6.07, 6.45) is 7.50. The van der Waals surface area contributed by atoms with Crippen molar-refractivity contribution in [3.05, 3.63) is 0 Å². The van der Waals surface area contributed by atoms with Crippen LogP contribution < -0.4 is 0 Å². The van der Waals surface area contributed by atoms with Gasteiger partial charge in [-0.2, -0.15) is 0 Å². The quantitative estimate of drug-likeness (QED) is 0.0696. The Kier molecular flexibility index (Phi) is 41.2. The van der Waals surface area contributed by atoms with E-state index in [0.717, 1.165) is 19.4 Å². The first-order chi connectivity index (χ1) is 22.8. The van der Waals surface area contributed by atoms with E-state index in [-0.39, 0.29) is 12.6 Å². The fourth-order valence-electron chi connectivity index (χ4n) is 3.60. The Labute approximate surface area is 278 Å². The Morgan fingerprint density at radius 2 is 0.565 bits per heavy atom. The van der Waals surface area contributed by atoms with E-state index >= 15 is 0 Å². The summed E-state index contributed by atoms with van der Waals surface area (Å²) in [6, 6.07) is 0. The molecule has 0 N–H and O–H groups in total. The highest BCUT2D eigenvalue weighted by Gasteiger charge is 2.00. The van der Waals surface area contributed by atoms with E-state index in [1.165, 1.54) is 25.7 Å². The average molecular weight is 671 g/mol. The zero-order valence-electron chi connectivity index (χ0n) is 29.0. The largest absolute Gasteiger partial charge is 0.463 e. The summed E-state index contributed by atoms with van der Waals surface area (Å²) in [5.41, 5.74) is 0. The van der Waals surface area contributed by atoms with Crippen LogP contribution in [0.25, 0.3) is 0 Å². The lowest BCUT2D eigenvalue weighted by Gasteiger charge is -2.09. The molecule has 46 heavy (non-hydrogen) atoms. The highest BCUT2D eigenvalue weighted by Crippen LogP contribution is 2.02. The van der Waals surface area contributed by atoms with Crippen molar-refractivity contribution in [1.82, 2.24) is 0 Å². The van der Waals surface area contributed by atoms with E-state index in [9.17, 15) is 4.79 Å². The summed E-state index contributed by atoms with van der Waals surface area (Å²) in [5.74, 6) is -0.187. The summed E-state index contributed by atoms with van der Waals surface area (Å²) >= 11 is 0. The first kappa shape index (κ1) is 45.0. The molecule has 13 nitrogen and oxygen atoms in total. The number of hydrogen-bond donors (Lipinski definition) is 0. The standard InChI is InChI=1S/C33H66O13/c1-3-5-6-7-8-10-35-11-12-36-13-14-37-15-16-38-17-18-39-19-20-40-21-22-41-23-24-42-25-26-43-27-28-44-29-30-45-31-32-46-33(34)9-4-2/h3-32H2,1-2H3. The molecular weight excluding hydrogens is 604 g/mol.